The molecule has 0 aliphatic carbocycles. The molecule has 2 heterocycles. The van der Waals surface area contributed by atoms with E-state index in [0.29, 0.717) is 0 Å². The van der Waals surface area contributed by atoms with E-state index in [2.05, 4.69) is 20.9 Å². The first-order valence-electron chi connectivity index (χ1n) is 5.65. The van der Waals surface area contributed by atoms with Crippen molar-refractivity contribution in [3.05, 3.63) is 11.9 Å². The molecule has 2 rings (SSSR count). The van der Waals surface area contributed by atoms with Crippen LogP contribution in [0.4, 0.5) is 0 Å². The Labute approximate surface area is 104 Å². The van der Waals surface area contributed by atoms with E-state index in [1.807, 2.05) is 0 Å². The minimum Gasteiger partial charge on any atom is -0.368 e. The van der Waals surface area contributed by atoms with Crippen LogP contribution in [0.3, 0.4) is 0 Å². The van der Waals surface area contributed by atoms with E-state index in [0.717, 1.165) is 13.1 Å². The first-order chi connectivity index (χ1) is 8.40. The number of rotatable bonds is 4. The van der Waals surface area contributed by atoms with Gasteiger partial charge in [0.1, 0.15) is 5.54 Å². The van der Waals surface area contributed by atoms with Crippen LogP contribution in [0.25, 0.3) is 0 Å². The van der Waals surface area contributed by atoms with Crippen molar-refractivity contribution in [1.29, 1.82) is 0 Å². The summed E-state index contributed by atoms with van der Waals surface area (Å²) in [5, 5.41) is 13.3. The van der Waals surface area contributed by atoms with Gasteiger partial charge in [0, 0.05) is 13.1 Å². The summed E-state index contributed by atoms with van der Waals surface area (Å²) in [7, 11) is 0. The fraction of sp³-hybridized carbons (Fsp3) is 0.600. The standard InChI is InChI=1S/C10H16N6O2/c1-10(2,9(11)18)13-8(17)7-5-16(15-14-7)6-3-12-4-6/h5-6,12H,3-4H2,1-2H3,(H2,11,18)(H,13,17). The van der Waals surface area contributed by atoms with Crippen LogP contribution in [-0.4, -0.2) is 45.4 Å². The van der Waals surface area contributed by atoms with Crippen molar-refractivity contribution in [3.63, 3.8) is 0 Å². The largest absolute Gasteiger partial charge is 0.368 e. The predicted molar refractivity (Wildman–Crippen MR) is 62.7 cm³/mol. The Morgan fingerprint density at radius 1 is 1.56 bits per heavy atom. The van der Waals surface area contributed by atoms with Crippen LogP contribution in [0.1, 0.15) is 30.4 Å². The Morgan fingerprint density at radius 3 is 2.72 bits per heavy atom. The van der Waals surface area contributed by atoms with Crippen molar-refractivity contribution in [1.82, 2.24) is 25.6 Å². The zero-order chi connectivity index (χ0) is 13.3. The Bertz CT molecular complexity index is 476. The van der Waals surface area contributed by atoms with Gasteiger partial charge in [-0.3, -0.25) is 9.59 Å². The molecule has 1 aromatic rings. The third kappa shape index (κ3) is 2.33. The number of nitrogens with two attached hydrogens (primary N) is 1. The highest BCUT2D eigenvalue weighted by atomic mass is 16.2. The second kappa shape index (κ2) is 4.37. The SMILES string of the molecule is CC(C)(NC(=O)c1cn(C2CNC2)nn1)C(N)=O. The number of hydrogen-bond donors (Lipinski definition) is 3. The summed E-state index contributed by atoms with van der Waals surface area (Å²) in [5.74, 6) is -1.07. The molecule has 0 bridgehead atoms. The van der Waals surface area contributed by atoms with Gasteiger partial charge in [0.2, 0.25) is 5.91 Å². The Hall–Kier alpha value is -1.96. The average molecular weight is 252 g/mol. The summed E-state index contributed by atoms with van der Waals surface area (Å²) in [5.41, 5.74) is 4.24. The number of aromatic nitrogens is 3. The number of amides is 2. The number of carbonyl (C=O) groups excluding carboxylic acids is 2. The summed E-state index contributed by atoms with van der Waals surface area (Å²) >= 11 is 0. The van der Waals surface area contributed by atoms with Gasteiger partial charge in [-0.25, -0.2) is 4.68 Å². The third-order valence-corrected chi connectivity index (χ3v) is 2.92. The fourth-order valence-corrected chi connectivity index (χ4v) is 1.43. The smallest absolute Gasteiger partial charge is 0.274 e. The van der Waals surface area contributed by atoms with E-state index < -0.39 is 17.4 Å². The molecule has 1 aromatic heterocycles. The van der Waals surface area contributed by atoms with Crippen molar-refractivity contribution >= 4 is 11.8 Å². The van der Waals surface area contributed by atoms with E-state index in [4.69, 9.17) is 5.73 Å². The number of primary amides is 1. The topological polar surface area (TPSA) is 115 Å². The van der Waals surface area contributed by atoms with Gasteiger partial charge in [-0.2, -0.15) is 0 Å². The third-order valence-electron chi connectivity index (χ3n) is 2.92. The Kier molecular flexibility index (Phi) is 3.04. The minimum absolute atomic E-state index is 0.177. The number of nitrogens with one attached hydrogen (secondary N) is 2. The first-order valence-corrected chi connectivity index (χ1v) is 5.65. The van der Waals surface area contributed by atoms with Crippen molar-refractivity contribution in [2.45, 2.75) is 25.4 Å². The maximum Gasteiger partial charge on any atom is 0.274 e. The molecule has 0 unspecified atom stereocenters. The maximum atomic E-state index is 11.9. The van der Waals surface area contributed by atoms with E-state index in [1.54, 1.807) is 10.9 Å². The molecule has 0 saturated carbocycles. The van der Waals surface area contributed by atoms with E-state index in [9.17, 15) is 9.59 Å². The number of nitrogens with zero attached hydrogens (tertiary/aromatic N) is 3. The molecule has 98 valence electrons. The summed E-state index contributed by atoms with van der Waals surface area (Å²) < 4.78 is 1.64. The molecule has 0 atom stereocenters. The highest BCUT2D eigenvalue weighted by Gasteiger charge is 2.29. The van der Waals surface area contributed by atoms with E-state index in [1.165, 1.54) is 13.8 Å². The van der Waals surface area contributed by atoms with Crippen LogP contribution in [-0.2, 0) is 4.79 Å². The Balaban J connectivity index is 2.05. The second-order valence-corrected chi connectivity index (χ2v) is 4.84. The molecular weight excluding hydrogens is 236 g/mol. The lowest BCUT2D eigenvalue weighted by Gasteiger charge is -2.26. The van der Waals surface area contributed by atoms with Crippen LogP contribution in [0.15, 0.2) is 6.20 Å². The maximum absolute atomic E-state index is 11.9. The molecule has 1 fully saturated rings. The second-order valence-electron chi connectivity index (χ2n) is 4.84. The van der Waals surface area contributed by atoms with Crippen molar-refractivity contribution in [3.8, 4) is 0 Å². The lowest BCUT2D eigenvalue weighted by atomic mass is 10.1. The molecule has 1 aliphatic heterocycles. The zero-order valence-corrected chi connectivity index (χ0v) is 10.3. The van der Waals surface area contributed by atoms with Gasteiger partial charge in [-0.05, 0) is 13.8 Å². The molecule has 4 N–H and O–H groups in total. The molecule has 0 aromatic carbocycles. The minimum atomic E-state index is -1.11. The highest BCUT2D eigenvalue weighted by Crippen LogP contribution is 2.10. The fourth-order valence-electron chi connectivity index (χ4n) is 1.43. The summed E-state index contributed by atoms with van der Waals surface area (Å²) in [6, 6.07) is 0.239. The predicted octanol–water partition coefficient (Wildman–Crippen LogP) is -1.58. The van der Waals surface area contributed by atoms with Gasteiger partial charge in [-0.1, -0.05) is 5.21 Å². The van der Waals surface area contributed by atoms with Crippen LogP contribution in [0.5, 0.6) is 0 Å². The van der Waals surface area contributed by atoms with Gasteiger partial charge in [0.25, 0.3) is 5.91 Å². The van der Waals surface area contributed by atoms with Crippen molar-refractivity contribution < 1.29 is 9.59 Å². The van der Waals surface area contributed by atoms with Crippen LogP contribution < -0.4 is 16.4 Å². The van der Waals surface area contributed by atoms with Crippen LogP contribution in [0.2, 0.25) is 0 Å². The van der Waals surface area contributed by atoms with Gasteiger partial charge >= 0.3 is 0 Å². The van der Waals surface area contributed by atoms with Crippen molar-refractivity contribution in [2.24, 2.45) is 5.73 Å². The monoisotopic (exact) mass is 252 g/mol. The van der Waals surface area contributed by atoms with Gasteiger partial charge in [-0.15, -0.1) is 5.10 Å². The van der Waals surface area contributed by atoms with E-state index in [-0.39, 0.29) is 11.7 Å². The molecule has 8 heteroatoms. The molecule has 2 amide bonds. The molecule has 18 heavy (non-hydrogen) atoms. The summed E-state index contributed by atoms with van der Waals surface area (Å²) in [4.78, 5) is 23.0. The normalized spacial score (nSPS) is 16.1. The lowest BCUT2D eigenvalue weighted by Crippen LogP contribution is -2.53. The lowest BCUT2D eigenvalue weighted by molar-refractivity contribution is -0.122. The first kappa shape index (κ1) is 12.5. The van der Waals surface area contributed by atoms with Gasteiger partial charge in [0.05, 0.1) is 12.2 Å². The Morgan fingerprint density at radius 2 is 2.22 bits per heavy atom. The van der Waals surface area contributed by atoms with Gasteiger partial charge < -0.3 is 16.4 Å². The molecule has 1 aliphatic rings. The van der Waals surface area contributed by atoms with Gasteiger partial charge in [0.15, 0.2) is 5.69 Å². The van der Waals surface area contributed by atoms with Crippen LogP contribution >= 0.6 is 0 Å². The number of hydrogen-bond acceptors (Lipinski definition) is 5. The molecule has 1 saturated heterocycles. The molecular formula is C10H16N6O2. The summed E-state index contributed by atoms with van der Waals surface area (Å²) in [6.45, 7) is 4.70. The zero-order valence-electron chi connectivity index (χ0n) is 10.3. The van der Waals surface area contributed by atoms with Crippen LogP contribution in [0, 0.1) is 0 Å². The van der Waals surface area contributed by atoms with E-state index >= 15 is 0 Å². The molecule has 0 radical (unpaired) electrons. The average Bonchev–Trinajstić information content (AvgIpc) is 2.63. The molecule has 8 nitrogen and oxygen atoms in total. The highest BCUT2D eigenvalue weighted by molar-refractivity contribution is 5.96. The summed E-state index contributed by atoms with van der Waals surface area (Å²) in [6.07, 6.45) is 1.57. The van der Waals surface area contributed by atoms with Crippen molar-refractivity contribution in [2.75, 3.05) is 13.1 Å². The molecule has 0 spiro atoms. The quantitative estimate of drug-likeness (QED) is 0.598. The number of carbonyl (C=O) groups is 2.